The Kier molecular flexibility index (Phi) is 6.03. The van der Waals surface area contributed by atoms with Gasteiger partial charge in [0, 0.05) is 5.41 Å². The van der Waals surface area contributed by atoms with E-state index in [0.29, 0.717) is 17.3 Å². The normalized spacial score (nSPS) is 11.1. The second kappa shape index (κ2) is 9.06. The summed E-state index contributed by atoms with van der Waals surface area (Å²) in [6.07, 6.45) is 0. The summed E-state index contributed by atoms with van der Waals surface area (Å²) >= 11 is 0. The van der Waals surface area contributed by atoms with Gasteiger partial charge in [-0.1, -0.05) is 56.3 Å². The van der Waals surface area contributed by atoms with Gasteiger partial charge in [0.25, 0.3) is 0 Å². The monoisotopic (exact) mass is 427 g/mol. The van der Waals surface area contributed by atoms with Crippen LogP contribution in [0.1, 0.15) is 30.8 Å². The van der Waals surface area contributed by atoms with Crippen LogP contribution in [0.25, 0.3) is 0 Å². The van der Waals surface area contributed by atoms with E-state index in [1.54, 1.807) is 14.0 Å². The average Bonchev–Trinajstić information content (AvgIpc) is 2.80. The Bertz CT molecular complexity index is 1180. The van der Waals surface area contributed by atoms with Gasteiger partial charge >= 0.3 is 12.0 Å². The molecule has 162 valence electrons. The highest BCUT2D eigenvalue weighted by Gasteiger charge is 2.23. The van der Waals surface area contributed by atoms with E-state index < -0.39 is 0 Å². The first kappa shape index (κ1) is 21.3. The van der Waals surface area contributed by atoms with Crippen LogP contribution >= 0.6 is 0 Å². The van der Waals surface area contributed by atoms with E-state index in [2.05, 4.69) is 53.1 Å². The lowest BCUT2D eigenvalue weighted by Gasteiger charge is -2.26. The maximum absolute atomic E-state index is 5.88. The number of benzene rings is 3. The topological polar surface area (TPSA) is 66.4 Å². The van der Waals surface area contributed by atoms with E-state index in [1.165, 1.54) is 5.56 Å². The van der Waals surface area contributed by atoms with Gasteiger partial charge in [-0.2, -0.15) is 9.97 Å². The molecule has 0 unspecified atom stereocenters. The Morgan fingerprint density at radius 1 is 0.594 bits per heavy atom. The maximum Gasteiger partial charge on any atom is 0.328 e. The number of ether oxygens (including phenoxy) is 3. The summed E-state index contributed by atoms with van der Waals surface area (Å²) in [7, 11) is 1.67. The van der Waals surface area contributed by atoms with Crippen molar-refractivity contribution in [3.05, 3.63) is 95.8 Å². The highest BCUT2D eigenvalue weighted by Crippen LogP contribution is 2.34. The minimum Gasteiger partial charge on any atom is -0.497 e. The van der Waals surface area contributed by atoms with Gasteiger partial charge in [-0.25, -0.2) is 0 Å². The summed E-state index contributed by atoms with van der Waals surface area (Å²) < 4.78 is 16.9. The van der Waals surface area contributed by atoms with E-state index in [-0.39, 0.29) is 17.4 Å². The van der Waals surface area contributed by atoms with Crippen LogP contribution in [0.4, 0.5) is 0 Å². The molecule has 0 atom stereocenters. The van der Waals surface area contributed by atoms with E-state index in [0.717, 1.165) is 11.3 Å². The fourth-order valence-electron chi connectivity index (χ4n) is 3.34. The lowest BCUT2D eigenvalue weighted by Crippen LogP contribution is -2.18. The standard InChI is InChI=1S/C26H25N3O3/c1-18-27-24(31-22-8-6-5-7-9-22)29-25(28-18)32-23-16-12-20(13-17-23)26(2,3)19-10-14-21(30-4)15-11-19/h5-17H,1-4H3. The number of aryl methyl sites for hydroxylation is 1. The number of para-hydroxylation sites is 1. The van der Waals surface area contributed by atoms with Crippen LogP contribution in [0.2, 0.25) is 0 Å². The molecule has 0 spiro atoms. The van der Waals surface area contributed by atoms with Crippen molar-refractivity contribution in [2.75, 3.05) is 7.11 Å². The highest BCUT2D eigenvalue weighted by molar-refractivity contribution is 5.42. The van der Waals surface area contributed by atoms with Crippen LogP contribution < -0.4 is 14.2 Å². The second-order valence-corrected chi connectivity index (χ2v) is 7.84. The summed E-state index contributed by atoms with van der Waals surface area (Å²) in [6.45, 7) is 6.15. The first-order valence-electron chi connectivity index (χ1n) is 10.3. The first-order valence-corrected chi connectivity index (χ1v) is 10.3. The van der Waals surface area contributed by atoms with Crippen molar-refractivity contribution in [1.82, 2.24) is 15.0 Å². The molecule has 0 aliphatic rings. The zero-order chi connectivity index (χ0) is 22.6. The van der Waals surface area contributed by atoms with Crippen LogP contribution in [0.15, 0.2) is 78.9 Å². The van der Waals surface area contributed by atoms with Gasteiger partial charge < -0.3 is 14.2 Å². The summed E-state index contributed by atoms with van der Waals surface area (Å²) in [6, 6.07) is 25.8. The largest absolute Gasteiger partial charge is 0.497 e. The quantitative estimate of drug-likeness (QED) is 0.355. The zero-order valence-corrected chi connectivity index (χ0v) is 18.6. The third-order valence-corrected chi connectivity index (χ3v) is 5.26. The molecular weight excluding hydrogens is 402 g/mol. The Morgan fingerprint density at radius 2 is 1.06 bits per heavy atom. The molecule has 4 aromatic rings. The van der Waals surface area contributed by atoms with Gasteiger partial charge in [0.1, 0.15) is 23.1 Å². The predicted molar refractivity (Wildman–Crippen MR) is 123 cm³/mol. The minimum absolute atomic E-state index is 0.175. The van der Waals surface area contributed by atoms with Crippen molar-refractivity contribution in [3.8, 4) is 29.3 Å². The number of hydrogen-bond acceptors (Lipinski definition) is 6. The maximum atomic E-state index is 5.88. The van der Waals surface area contributed by atoms with E-state index in [9.17, 15) is 0 Å². The third-order valence-electron chi connectivity index (χ3n) is 5.26. The van der Waals surface area contributed by atoms with Crippen LogP contribution in [-0.2, 0) is 5.41 Å². The Morgan fingerprint density at radius 3 is 1.56 bits per heavy atom. The molecule has 1 heterocycles. The molecule has 0 radical (unpaired) electrons. The Balaban J connectivity index is 1.51. The van der Waals surface area contributed by atoms with Crippen molar-refractivity contribution in [3.63, 3.8) is 0 Å². The number of hydrogen-bond donors (Lipinski definition) is 0. The molecule has 0 fully saturated rings. The molecule has 0 aliphatic carbocycles. The molecule has 0 aliphatic heterocycles. The molecule has 6 heteroatoms. The third kappa shape index (κ3) is 4.86. The van der Waals surface area contributed by atoms with Gasteiger partial charge in [-0.15, -0.1) is 4.98 Å². The van der Waals surface area contributed by atoms with Gasteiger partial charge in [0.05, 0.1) is 7.11 Å². The van der Waals surface area contributed by atoms with E-state index >= 15 is 0 Å². The molecule has 0 saturated heterocycles. The van der Waals surface area contributed by atoms with Crippen LogP contribution in [-0.4, -0.2) is 22.1 Å². The van der Waals surface area contributed by atoms with Crippen molar-refractivity contribution in [2.45, 2.75) is 26.2 Å². The Labute approximate surface area is 187 Å². The number of aromatic nitrogens is 3. The molecule has 0 bridgehead atoms. The molecule has 1 aromatic heterocycles. The summed E-state index contributed by atoms with van der Waals surface area (Å²) in [4.78, 5) is 12.8. The van der Waals surface area contributed by atoms with Crippen molar-refractivity contribution in [2.24, 2.45) is 0 Å². The fraction of sp³-hybridized carbons (Fsp3) is 0.192. The summed E-state index contributed by atoms with van der Waals surface area (Å²) in [5.74, 6) is 2.64. The van der Waals surface area contributed by atoms with Crippen LogP contribution in [0.3, 0.4) is 0 Å². The second-order valence-electron chi connectivity index (χ2n) is 7.84. The molecule has 3 aromatic carbocycles. The predicted octanol–water partition coefficient (Wildman–Crippen LogP) is 6.10. The van der Waals surface area contributed by atoms with E-state index in [4.69, 9.17) is 14.2 Å². The number of methoxy groups -OCH3 is 1. The van der Waals surface area contributed by atoms with Gasteiger partial charge in [-0.3, -0.25) is 0 Å². The minimum atomic E-state index is -0.175. The average molecular weight is 428 g/mol. The van der Waals surface area contributed by atoms with Crippen molar-refractivity contribution in [1.29, 1.82) is 0 Å². The lowest BCUT2D eigenvalue weighted by molar-refractivity contribution is 0.394. The molecule has 32 heavy (non-hydrogen) atoms. The fourth-order valence-corrected chi connectivity index (χ4v) is 3.34. The number of nitrogens with zero attached hydrogens (tertiary/aromatic N) is 3. The number of rotatable bonds is 7. The van der Waals surface area contributed by atoms with Gasteiger partial charge in [0.15, 0.2) is 0 Å². The highest BCUT2D eigenvalue weighted by atomic mass is 16.5. The van der Waals surface area contributed by atoms with Crippen LogP contribution in [0, 0.1) is 6.92 Å². The molecular formula is C26H25N3O3. The molecule has 4 rings (SSSR count). The molecule has 0 N–H and O–H groups in total. The van der Waals surface area contributed by atoms with Crippen LogP contribution in [0.5, 0.6) is 29.3 Å². The summed E-state index contributed by atoms with van der Waals surface area (Å²) in [5.41, 5.74) is 2.18. The lowest BCUT2D eigenvalue weighted by atomic mass is 9.78. The summed E-state index contributed by atoms with van der Waals surface area (Å²) in [5, 5.41) is 0. The van der Waals surface area contributed by atoms with Gasteiger partial charge in [-0.05, 0) is 54.4 Å². The SMILES string of the molecule is COc1ccc(C(C)(C)c2ccc(Oc3nc(C)nc(Oc4ccccc4)n3)cc2)cc1. The smallest absolute Gasteiger partial charge is 0.328 e. The Hall–Kier alpha value is -3.93. The molecule has 0 saturated carbocycles. The zero-order valence-electron chi connectivity index (χ0n) is 18.6. The van der Waals surface area contributed by atoms with Gasteiger partial charge in [0.2, 0.25) is 0 Å². The van der Waals surface area contributed by atoms with Crippen molar-refractivity contribution >= 4 is 0 Å². The first-order chi connectivity index (χ1) is 15.4. The van der Waals surface area contributed by atoms with E-state index in [1.807, 2.05) is 54.6 Å². The molecule has 6 nitrogen and oxygen atoms in total. The van der Waals surface area contributed by atoms with Crippen molar-refractivity contribution < 1.29 is 14.2 Å². The molecule has 0 amide bonds.